The molecule has 0 bridgehead atoms. The Kier molecular flexibility index (Phi) is 4.01. The number of aromatic amines is 1. The smallest absolute Gasteiger partial charge is 0.273 e. The maximum Gasteiger partial charge on any atom is 0.273 e. The van der Waals surface area contributed by atoms with Gasteiger partial charge in [-0.05, 0) is 53.9 Å². The lowest BCUT2D eigenvalue weighted by Gasteiger charge is -2.06. The molecule has 0 fully saturated rings. The number of carbonyl (C=O) groups is 1. The lowest BCUT2D eigenvalue weighted by molar-refractivity contribution is 0.102. The molecule has 0 saturated heterocycles. The highest BCUT2D eigenvalue weighted by Gasteiger charge is 2.13. The average Bonchev–Trinajstić information content (AvgIpc) is 3.14. The molecule has 128 valence electrons. The summed E-state index contributed by atoms with van der Waals surface area (Å²) in [4.78, 5) is 12.5. The van der Waals surface area contributed by atoms with Crippen LogP contribution in [0, 0.1) is 13.8 Å². The van der Waals surface area contributed by atoms with Gasteiger partial charge in [-0.2, -0.15) is 5.10 Å². The number of nitrogens with zero attached hydrogens (tertiary/aromatic N) is 1. The zero-order valence-corrected chi connectivity index (χ0v) is 14.7. The number of aryl methyl sites for hydroxylation is 2. The fraction of sp³-hybridized carbons (Fsp3) is 0.0909. The normalized spacial score (nSPS) is 10.8. The summed E-state index contributed by atoms with van der Waals surface area (Å²) in [6.45, 7) is 4.08. The second-order valence-electron chi connectivity index (χ2n) is 6.45. The number of anilines is 1. The Morgan fingerprint density at radius 1 is 0.923 bits per heavy atom. The maximum atomic E-state index is 12.5. The van der Waals surface area contributed by atoms with Crippen LogP contribution in [0.5, 0.6) is 0 Å². The van der Waals surface area contributed by atoms with Gasteiger partial charge >= 0.3 is 0 Å². The molecular weight excluding hydrogens is 322 g/mol. The van der Waals surface area contributed by atoms with Crippen molar-refractivity contribution in [2.45, 2.75) is 13.8 Å². The van der Waals surface area contributed by atoms with Crippen LogP contribution < -0.4 is 5.32 Å². The molecule has 0 unspecified atom stereocenters. The average molecular weight is 341 g/mol. The summed E-state index contributed by atoms with van der Waals surface area (Å²) in [7, 11) is 0. The predicted molar refractivity (Wildman–Crippen MR) is 105 cm³/mol. The lowest BCUT2D eigenvalue weighted by atomic mass is 10.0. The minimum atomic E-state index is -0.202. The second-order valence-corrected chi connectivity index (χ2v) is 6.45. The van der Waals surface area contributed by atoms with E-state index in [1.54, 1.807) is 6.07 Å². The summed E-state index contributed by atoms with van der Waals surface area (Å²) >= 11 is 0. The first-order chi connectivity index (χ1) is 12.6. The number of nitrogens with one attached hydrogen (secondary N) is 2. The summed E-state index contributed by atoms with van der Waals surface area (Å²) in [5.41, 5.74) is 5.31. The van der Waals surface area contributed by atoms with E-state index < -0.39 is 0 Å². The van der Waals surface area contributed by atoms with E-state index in [1.165, 1.54) is 5.56 Å². The summed E-state index contributed by atoms with van der Waals surface area (Å²) in [5, 5.41) is 12.4. The number of rotatable bonds is 3. The van der Waals surface area contributed by atoms with Crippen molar-refractivity contribution in [3.8, 4) is 11.3 Å². The summed E-state index contributed by atoms with van der Waals surface area (Å²) in [5.74, 6) is -0.202. The summed E-state index contributed by atoms with van der Waals surface area (Å²) in [6.07, 6.45) is 0. The van der Waals surface area contributed by atoms with Crippen LogP contribution in [0.2, 0.25) is 0 Å². The van der Waals surface area contributed by atoms with E-state index in [2.05, 4.69) is 33.7 Å². The van der Waals surface area contributed by atoms with Crippen LogP contribution in [0.1, 0.15) is 21.6 Å². The van der Waals surface area contributed by atoms with Gasteiger partial charge in [-0.25, -0.2) is 0 Å². The number of hydrogen-bond acceptors (Lipinski definition) is 2. The van der Waals surface area contributed by atoms with Gasteiger partial charge in [-0.1, -0.05) is 48.5 Å². The third-order valence-corrected chi connectivity index (χ3v) is 4.65. The first-order valence-corrected chi connectivity index (χ1v) is 8.54. The summed E-state index contributed by atoms with van der Waals surface area (Å²) in [6, 6.07) is 21.9. The second kappa shape index (κ2) is 6.48. The molecule has 0 atom stereocenters. The topological polar surface area (TPSA) is 57.8 Å². The van der Waals surface area contributed by atoms with E-state index in [1.807, 2.05) is 56.3 Å². The SMILES string of the molecule is Cc1ccc(NC(=O)c2cc(-c3cccc4ccccc34)n[nH]2)cc1C. The number of fused-ring (bicyclic) bond motifs is 1. The first-order valence-electron chi connectivity index (χ1n) is 8.54. The molecule has 0 aliphatic rings. The van der Waals surface area contributed by atoms with Crippen molar-refractivity contribution in [1.82, 2.24) is 10.2 Å². The van der Waals surface area contributed by atoms with Gasteiger partial charge in [0.2, 0.25) is 0 Å². The number of hydrogen-bond donors (Lipinski definition) is 2. The third kappa shape index (κ3) is 2.97. The minimum absolute atomic E-state index is 0.202. The van der Waals surface area contributed by atoms with E-state index in [4.69, 9.17) is 0 Å². The molecule has 0 aliphatic carbocycles. The number of carbonyl (C=O) groups excluding carboxylic acids is 1. The van der Waals surface area contributed by atoms with Crippen molar-refractivity contribution in [3.05, 3.63) is 83.6 Å². The van der Waals surface area contributed by atoms with Crippen molar-refractivity contribution >= 4 is 22.4 Å². The molecule has 2 N–H and O–H groups in total. The van der Waals surface area contributed by atoms with E-state index in [0.717, 1.165) is 33.3 Å². The molecule has 3 aromatic carbocycles. The quantitative estimate of drug-likeness (QED) is 0.545. The maximum absolute atomic E-state index is 12.5. The van der Waals surface area contributed by atoms with Gasteiger partial charge in [-0.15, -0.1) is 0 Å². The van der Waals surface area contributed by atoms with Gasteiger partial charge in [0.05, 0.1) is 5.69 Å². The zero-order chi connectivity index (χ0) is 18.1. The number of amides is 1. The van der Waals surface area contributed by atoms with E-state index in [9.17, 15) is 4.79 Å². The van der Waals surface area contributed by atoms with E-state index >= 15 is 0 Å². The molecule has 26 heavy (non-hydrogen) atoms. The predicted octanol–water partition coefficient (Wildman–Crippen LogP) is 5.10. The summed E-state index contributed by atoms with van der Waals surface area (Å²) < 4.78 is 0. The monoisotopic (exact) mass is 341 g/mol. The van der Waals surface area contributed by atoms with E-state index in [-0.39, 0.29) is 5.91 Å². The van der Waals surface area contributed by atoms with Crippen LogP contribution in [-0.4, -0.2) is 16.1 Å². The third-order valence-electron chi connectivity index (χ3n) is 4.65. The van der Waals surface area contributed by atoms with Gasteiger partial charge in [0, 0.05) is 11.3 Å². The first kappa shape index (κ1) is 16.1. The van der Waals surface area contributed by atoms with Crippen molar-refractivity contribution in [2.24, 2.45) is 0 Å². The Hall–Kier alpha value is -3.40. The molecule has 0 spiro atoms. The molecule has 0 saturated carbocycles. The van der Waals surface area contributed by atoms with Gasteiger partial charge in [0.15, 0.2) is 0 Å². The molecule has 0 aliphatic heterocycles. The van der Waals surface area contributed by atoms with Crippen LogP contribution in [0.15, 0.2) is 66.7 Å². The number of benzene rings is 3. The van der Waals surface area contributed by atoms with Crippen LogP contribution in [0.3, 0.4) is 0 Å². The molecule has 1 amide bonds. The fourth-order valence-corrected chi connectivity index (χ4v) is 3.04. The van der Waals surface area contributed by atoms with Crippen LogP contribution in [0.25, 0.3) is 22.0 Å². The molecule has 1 aromatic heterocycles. The van der Waals surface area contributed by atoms with Gasteiger partial charge in [0.1, 0.15) is 5.69 Å². The minimum Gasteiger partial charge on any atom is -0.321 e. The van der Waals surface area contributed by atoms with Crippen molar-refractivity contribution in [3.63, 3.8) is 0 Å². The van der Waals surface area contributed by atoms with Gasteiger partial charge in [-0.3, -0.25) is 9.89 Å². The van der Waals surface area contributed by atoms with Crippen LogP contribution in [0.4, 0.5) is 5.69 Å². The standard InChI is InChI=1S/C22H19N3O/c1-14-10-11-17(12-15(14)2)23-22(26)21-13-20(24-25-21)19-9-5-7-16-6-3-4-8-18(16)19/h3-13H,1-2H3,(H,23,26)(H,24,25). The highest BCUT2D eigenvalue weighted by atomic mass is 16.1. The molecular formula is C22H19N3O. The van der Waals surface area contributed by atoms with Crippen LogP contribution in [-0.2, 0) is 0 Å². The molecule has 4 rings (SSSR count). The Morgan fingerprint density at radius 2 is 1.73 bits per heavy atom. The Morgan fingerprint density at radius 3 is 2.58 bits per heavy atom. The molecule has 4 nitrogen and oxygen atoms in total. The Labute approximate surface area is 151 Å². The Bertz CT molecular complexity index is 1110. The largest absolute Gasteiger partial charge is 0.321 e. The highest BCUT2D eigenvalue weighted by Crippen LogP contribution is 2.27. The molecule has 0 radical (unpaired) electrons. The molecule has 4 aromatic rings. The number of aromatic nitrogens is 2. The van der Waals surface area contributed by atoms with Crippen molar-refractivity contribution < 1.29 is 4.79 Å². The van der Waals surface area contributed by atoms with Crippen molar-refractivity contribution in [2.75, 3.05) is 5.32 Å². The van der Waals surface area contributed by atoms with Crippen molar-refractivity contribution in [1.29, 1.82) is 0 Å². The zero-order valence-electron chi connectivity index (χ0n) is 14.7. The van der Waals surface area contributed by atoms with Gasteiger partial charge < -0.3 is 5.32 Å². The molecule has 4 heteroatoms. The van der Waals surface area contributed by atoms with E-state index in [0.29, 0.717) is 5.69 Å². The van der Waals surface area contributed by atoms with Gasteiger partial charge in [0.25, 0.3) is 5.91 Å². The Balaban J connectivity index is 1.63. The lowest BCUT2D eigenvalue weighted by Crippen LogP contribution is -2.12. The van der Waals surface area contributed by atoms with Crippen LogP contribution >= 0.6 is 0 Å². The highest BCUT2D eigenvalue weighted by molar-refractivity contribution is 6.04. The number of H-pyrrole nitrogens is 1. The molecule has 1 heterocycles. The fourth-order valence-electron chi connectivity index (χ4n) is 3.04.